The van der Waals surface area contributed by atoms with Crippen LogP contribution in [0.3, 0.4) is 0 Å². The minimum absolute atomic E-state index is 0.846. The van der Waals surface area contributed by atoms with Crippen molar-refractivity contribution in [3.63, 3.8) is 0 Å². The van der Waals surface area contributed by atoms with Crippen LogP contribution in [-0.2, 0) is 0 Å². The standard InChI is InChI=1S/C36H23N5/c1-2-11-24(12-3-1)30-16-10-20-34(37-30)40-32-18-8-5-14-26(32)28-23-29-27-15-6-9-19-33(27)41(36(29)38-35(28)40)39-22-21-25-13-4-7-17-31(25)39/h1-23H. The molecule has 0 atom stereocenters. The van der Waals surface area contributed by atoms with E-state index in [1.54, 1.807) is 0 Å². The van der Waals surface area contributed by atoms with E-state index >= 15 is 0 Å². The molecule has 0 aliphatic carbocycles. The molecule has 5 heterocycles. The lowest BCUT2D eigenvalue weighted by Gasteiger charge is -2.11. The highest BCUT2D eigenvalue weighted by Crippen LogP contribution is 2.37. The van der Waals surface area contributed by atoms with E-state index in [9.17, 15) is 0 Å². The molecular formula is C36H23N5. The number of para-hydroxylation sites is 3. The number of benzene rings is 4. The lowest BCUT2D eigenvalue weighted by molar-refractivity contribution is 0.738. The van der Waals surface area contributed by atoms with Gasteiger partial charge in [0.2, 0.25) is 0 Å². The molecule has 0 radical (unpaired) electrons. The van der Waals surface area contributed by atoms with Crippen LogP contribution in [0.1, 0.15) is 0 Å². The van der Waals surface area contributed by atoms with Crippen molar-refractivity contribution in [3.8, 4) is 17.1 Å². The highest BCUT2D eigenvalue weighted by atomic mass is 15.5. The van der Waals surface area contributed by atoms with E-state index in [1.165, 1.54) is 10.8 Å². The molecule has 5 nitrogen and oxygen atoms in total. The largest absolute Gasteiger partial charge is 0.278 e. The van der Waals surface area contributed by atoms with Crippen LogP contribution in [0.4, 0.5) is 0 Å². The molecule has 5 aromatic heterocycles. The Labute approximate surface area is 235 Å². The topological polar surface area (TPSA) is 40.6 Å². The van der Waals surface area contributed by atoms with Gasteiger partial charge in [-0.2, -0.15) is 0 Å². The second-order valence-corrected chi connectivity index (χ2v) is 10.4. The third-order valence-electron chi connectivity index (χ3n) is 8.08. The summed E-state index contributed by atoms with van der Waals surface area (Å²) in [6.45, 7) is 0. The predicted octanol–water partition coefficient (Wildman–Crippen LogP) is 8.61. The van der Waals surface area contributed by atoms with Crippen molar-refractivity contribution in [2.75, 3.05) is 0 Å². The summed E-state index contributed by atoms with van der Waals surface area (Å²) < 4.78 is 6.65. The van der Waals surface area contributed by atoms with Crippen LogP contribution >= 0.6 is 0 Å². The van der Waals surface area contributed by atoms with E-state index in [2.05, 4.69) is 135 Å². The predicted molar refractivity (Wildman–Crippen MR) is 168 cm³/mol. The molecule has 0 amide bonds. The zero-order chi connectivity index (χ0) is 26.9. The minimum atomic E-state index is 0.846. The van der Waals surface area contributed by atoms with Crippen LogP contribution in [0.15, 0.2) is 140 Å². The Morgan fingerprint density at radius 2 is 1.15 bits per heavy atom. The van der Waals surface area contributed by atoms with Gasteiger partial charge in [-0.05, 0) is 42.5 Å². The summed E-state index contributed by atoms with van der Waals surface area (Å²) in [4.78, 5) is 10.6. The Bertz CT molecular complexity index is 2420. The van der Waals surface area contributed by atoms with Crippen LogP contribution < -0.4 is 0 Å². The molecule has 192 valence electrons. The lowest BCUT2D eigenvalue weighted by Crippen LogP contribution is -2.08. The summed E-state index contributed by atoms with van der Waals surface area (Å²) in [5, 5.41) is 5.76. The first-order chi connectivity index (χ1) is 20.3. The summed E-state index contributed by atoms with van der Waals surface area (Å²) in [6, 6.07) is 46.5. The molecular weight excluding hydrogens is 502 g/mol. The summed E-state index contributed by atoms with van der Waals surface area (Å²) in [5.74, 6) is 0.846. The molecule has 0 bridgehead atoms. The van der Waals surface area contributed by atoms with E-state index in [0.29, 0.717) is 0 Å². The molecule has 0 N–H and O–H groups in total. The Morgan fingerprint density at radius 1 is 0.463 bits per heavy atom. The zero-order valence-electron chi connectivity index (χ0n) is 22.0. The molecule has 9 aromatic rings. The van der Waals surface area contributed by atoms with E-state index in [1.807, 2.05) is 18.2 Å². The van der Waals surface area contributed by atoms with Crippen LogP contribution in [0.25, 0.3) is 71.9 Å². The Hall–Kier alpha value is -5.68. The molecule has 0 fully saturated rings. The first-order valence-corrected chi connectivity index (χ1v) is 13.8. The van der Waals surface area contributed by atoms with Crippen LogP contribution in [0.2, 0.25) is 0 Å². The van der Waals surface area contributed by atoms with Gasteiger partial charge < -0.3 is 0 Å². The van der Waals surface area contributed by atoms with Crippen molar-refractivity contribution in [2.24, 2.45) is 0 Å². The average molecular weight is 526 g/mol. The number of pyridine rings is 2. The lowest BCUT2D eigenvalue weighted by atomic mass is 10.1. The maximum atomic E-state index is 5.46. The monoisotopic (exact) mass is 525 g/mol. The first kappa shape index (κ1) is 22.2. The van der Waals surface area contributed by atoms with Crippen LogP contribution in [0.5, 0.6) is 0 Å². The molecule has 0 saturated heterocycles. The van der Waals surface area contributed by atoms with Gasteiger partial charge in [-0.3, -0.25) is 9.24 Å². The summed E-state index contributed by atoms with van der Waals surface area (Å²) in [7, 11) is 0. The number of rotatable bonds is 3. The second kappa shape index (κ2) is 8.41. The molecule has 5 heteroatoms. The number of hydrogen-bond donors (Lipinski definition) is 0. The van der Waals surface area contributed by atoms with Gasteiger partial charge in [0.15, 0.2) is 5.65 Å². The van der Waals surface area contributed by atoms with E-state index in [0.717, 1.165) is 61.1 Å². The number of aromatic nitrogens is 5. The summed E-state index contributed by atoms with van der Waals surface area (Å²) >= 11 is 0. The maximum absolute atomic E-state index is 5.46. The molecule has 4 aromatic carbocycles. The van der Waals surface area contributed by atoms with Gasteiger partial charge in [0.25, 0.3) is 0 Å². The van der Waals surface area contributed by atoms with Crippen molar-refractivity contribution >= 4 is 54.8 Å². The smallest absolute Gasteiger partial charge is 0.162 e. The van der Waals surface area contributed by atoms with Crippen molar-refractivity contribution in [2.45, 2.75) is 0 Å². The molecule has 0 saturated carbocycles. The average Bonchev–Trinajstić information content (AvgIpc) is 3.70. The number of nitrogens with zero attached hydrogens (tertiary/aromatic N) is 5. The van der Waals surface area contributed by atoms with Crippen LogP contribution in [0, 0.1) is 0 Å². The van der Waals surface area contributed by atoms with Gasteiger partial charge in [0.1, 0.15) is 11.5 Å². The quantitative estimate of drug-likeness (QED) is 0.232. The normalized spacial score (nSPS) is 11.9. The fourth-order valence-electron chi connectivity index (χ4n) is 6.24. The van der Waals surface area contributed by atoms with Gasteiger partial charge in [-0.1, -0.05) is 91.0 Å². The number of fused-ring (bicyclic) bond motifs is 7. The third-order valence-corrected chi connectivity index (χ3v) is 8.08. The molecule has 0 unspecified atom stereocenters. The molecule has 0 aliphatic rings. The van der Waals surface area contributed by atoms with Crippen molar-refractivity contribution in [3.05, 3.63) is 140 Å². The molecule has 9 rings (SSSR count). The van der Waals surface area contributed by atoms with E-state index in [-0.39, 0.29) is 0 Å². The highest BCUT2D eigenvalue weighted by molar-refractivity contribution is 6.16. The first-order valence-electron chi connectivity index (χ1n) is 13.8. The summed E-state index contributed by atoms with van der Waals surface area (Å²) in [6.07, 6.45) is 2.13. The molecule has 0 spiro atoms. The van der Waals surface area contributed by atoms with Crippen LogP contribution in [-0.4, -0.2) is 23.9 Å². The van der Waals surface area contributed by atoms with Gasteiger partial charge in [-0.25, -0.2) is 14.6 Å². The fourth-order valence-corrected chi connectivity index (χ4v) is 6.24. The van der Waals surface area contributed by atoms with Gasteiger partial charge in [0, 0.05) is 38.7 Å². The van der Waals surface area contributed by atoms with Gasteiger partial charge >= 0.3 is 0 Å². The van der Waals surface area contributed by atoms with Gasteiger partial charge in [0.05, 0.1) is 22.2 Å². The van der Waals surface area contributed by atoms with Crippen molar-refractivity contribution in [1.82, 2.24) is 23.9 Å². The Kier molecular flexibility index (Phi) is 4.55. The third kappa shape index (κ3) is 3.17. The van der Waals surface area contributed by atoms with Gasteiger partial charge in [-0.15, -0.1) is 0 Å². The fraction of sp³-hybridized carbons (Fsp3) is 0. The maximum Gasteiger partial charge on any atom is 0.162 e. The SMILES string of the molecule is c1ccc(-c2cccc(-n3c4ccccc4c4cc5c6ccccc6n(-n6ccc7ccccc76)c5nc43)n2)cc1. The molecule has 0 aliphatic heterocycles. The van der Waals surface area contributed by atoms with Crippen molar-refractivity contribution < 1.29 is 0 Å². The molecule has 41 heavy (non-hydrogen) atoms. The Morgan fingerprint density at radius 3 is 2.00 bits per heavy atom. The van der Waals surface area contributed by atoms with Crippen molar-refractivity contribution in [1.29, 1.82) is 0 Å². The minimum Gasteiger partial charge on any atom is -0.278 e. The second-order valence-electron chi connectivity index (χ2n) is 10.4. The van der Waals surface area contributed by atoms with E-state index < -0.39 is 0 Å². The highest BCUT2D eigenvalue weighted by Gasteiger charge is 2.20. The zero-order valence-corrected chi connectivity index (χ0v) is 22.0. The van der Waals surface area contributed by atoms with E-state index in [4.69, 9.17) is 9.97 Å². The Balaban J connectivity index is 1.41. The number of hydrogen-bond acceptors (Lipinski definition) is 2. The summed E-state index contributed by atoms with van der Waals surface area (Å²) in [5.41, 5.74) is 7.15.